The molecule has 0 amide bonds. The van der Waals surface area contributed by atoms with Gasteiger partial charge in [0.05, 0.1) is 28.1 Å². The predicted molar refractivity (Wildman–Crippen MR) is 215 cm³/mol. The van der Waals surface area contributed by atoms with Crippen molar-refractivity contribution in [2.75, 3.05) is 4.90 Å². The van der Waals surface area contributed by atoms with E-state index in [2.05, 4.69) is 185 Å². The highest BCUT2D eigenvalue weighted by Gasteiger charge is 2.26. The lowest BCUT2D eigenvalue weighted by molar-refractivity contribution is 0.669. The molecule has 0 saturated heterocycles. The second-order valence-electron chi connectivity index (χ2n) is 13.3. The molecule has 51 heavy (non-hydrogen) atoms. The van der Waals surface area contributed by atoms with E-state index in [1.54, 1.807) is 0 Å². The van der Waals surface area contributed by atoms with Crippen molar-refractivity contribution in [1.82, 2.24) is 4.57 Å². The Labute approximate surface area is 293 Å². The van der Waals surface area contributed by atoms with Crippen LogP contribution < -0.4 is 4.90 Å². The van der Waals surface area contributed by atoms with E-state index in [-0.39, 0.29) is 0 Å². The van der Waals surface area contributed by atoms with Gasteiger partial charge in [-0.3, -0.25) is 0 Å². The molecule has 0 radical (unpaired) electrons. The Kier molecular flexibility index (Phi) is 5.96. The van der Waals surface area contributed by atoms with Crippen molar-refractivity contribution in [1.29, 1.82) is 0 Å². The molecule has 0 fully saturated rings. The smallest absolute Gasteiger partial charge is 0.159 e. The molecule has 0 bridgehead atoms. The molecule has 3 nitrogen and oxygen atoms in total. The van der Waals surface area contributed by atoms with Gasteiger partial charge in [0.25, 0.3) is 0 Å². The molecule has 238 valence electrons. The fraction of sp³-hybridized carbons (Fsp3) is 0. The number of nitrogens with zero attached hydrogens (tertiary/aromatic N) is 2. The van der Waals surface area contributed by atoms with Crippen LogP contribution in [0.2, 0.25) is 0 Å². The van der Waals surface area contributed by atoms with Gasteiger partial charge in [0.2, 0.25) is 0 Å². The molecule has 9 aromatic carbocycles. The molecule has 3 heteroatoms. The van der Waals surface area contributed by atoms with Crippen LogP contribution in [0.1, 0.15) is 0 Å². The van der Waals surface area contributed by atoms with Crippen LogP contribution in [0.5, 0.6) is 0 Å². The first-order valence-corrected chi connectivity index (χ1v) is 17.4. The summed E-state index contributed by atoms with van der Waals surface area (Å²) >= 11 is 0. The van der Waals surface area contributed by atoms with Crippen molar-refractivity contribution in [3.8, 4) is 5.69 Å². The molecule has 2 heterocycles. The average Bonchev–Trinajstić information content (AvgIpc) is 3.75. The summed E-state index contributed by atoms with van der Waals surface area (Å²) in [6.45, 7) is 0. The van der Waals surface area contributed by atoms with Crippen LogP contribution in [0.4, 0.5) is 17.1 Å². The lowest BCUT2D eigenvalue weighted by Gasteiger charge is -2.29. The number of hydrogen-bond donors (Lipinski definition) is 0. The summed E-state index contributed by atoms with van der Waals surface area (Å²) in [5.74, 6) is 0. The lowest BCUT2D eigenvalue weighted by atomic mass is 9.94. The second-order valence-corrected chi connectivity index (χ2v) is 13.3. The number of fused-ring (bicyclic) bond motifs is 11. The number of anilines is 3. The summed E-state index contributed by atoms with van der Waals surface area (Å²) in [7, 11) is 0. The molecule has 0 spiro atoms. The summed E-state index contributed by atoms with van der Waals surface area (Å²) in [5, 5.41) is 12.0. The van der Waals surface area contributed by atoms with Crippen molar-refractivity contribution >= 4 is 93.1 Å². The van der Waals surface area contributed by atoms with Crippen LogP contribution in [0.3, 0.4) is 0 Å². The van der Waals surface area contributed by atoms with Gasteiger partial charge in [0.1, 0.15) is 5.58 Å². The van der Waals surface area contributed by atoms with Gasteiger partial charge in [-0.1, -0.05) is 140 Å². The number of para-hydroxylation sites is 5. The van der Waals surface area contributed by atoms with Crippen LogP contribution in [-0.2, 0) is 0 Å². The van der Waals surface area contributed by atoms with Gasteiger partial charge >= 0.3 is 0 Å². The normalized spacial score (nSPS) is 11.9. The highest BCUT2D eigenvalue weighted by Crippen LogP contribution is 2.49. The van der Waals surface area contributed by atoms with Gasteiger partial charge in [-0.2, -0.15) is 0 Å². The summed E-state index contributed by atoms with van der Waals surface area (Å²) in [6, 6.07) is 65.5. The van der Waals surface area contributed by atoms with Crippen molar-refractivity contribution in [3.63, 3.8) is 0 Å². The topological polar surface area (TPSA) is 21.3 Å². The first-order valence-electron chi connectivity index (χ1n) is 17.4. The molecule has 11 aromatic rings. The van der Waals surface area contributed by atoms with Crippen LogP contribution in [0, 0.1) is 0 Å². The Morgan fingerprint density at radius 2 is 1.02 bits per heavy atom. The van der Waals surface area contributed by atoms with E-state index >= 15 is 0 Å². The third-order valence-corrected chi connectivity index (χ3v) is 10.5. The first kappa shape index (κ1) is 28.0. The van der Waals surface area contributed by atoms with Crippen molar-refractivity contribution < 1.29 is 4.42 Å². The quantitative estimate of drug-likeness (QED) is 0.177. The summed E-state index contributed by atoms with van der Waals surface area (Å²) in [4.78, 5) is 2.45. The summed E-state index contributed by atoms with van der Waals surface area (Å²) in [5.41, 5.74) is 8.33. The minimum Gasteiger partial charge on any atom is -0.454 e. The van der Waals surface area contributed by atoms with Gasteiger partial charge < -0.3 is 13.9 Å². The Morgan fingerprint density at radius 3 is 1.88 bits per heavy atom. The van der Waals surface area contributed by atoms with Gasteiger partial charge in [0, 0.05) is 32.6 Å². The third kappa shape index (κ3) is 4.06. The number of benzene rings is 9. The van der Waals surface area contributed by atoms with Crippen LogP contribution >= 0.6 is 0 Å². The maximum absolute atomic E-state index is 6.80. The second kappa shape index (κ2) is 10.8. The first-order chi connectivity index (χ1) is 25.3. The Hall–Kier alpha value is -6.84. The number of aromatic nitrogens is 1. The fourth-order valence-electron chi connectivity index (χ4n) is 8.37. The highest BCUT2D eigenvalue weighted by atomic mass is 16.3. The van der Waals surface area contributed by atoms with E-state index in [1.165, 1.54) is 48.6 Å². The largest absolute Gasteiger partial charge is 0.454 e. The molecule has 0 atom stereocenters. The van der Waals surface area contributed by atoms with Crippen LogP contribution in [0.25, 0.3) is 81.7 Å². The zero-order valence-corrected chi connectivity index (χ0v) is 27.6. The molecular formula is C48H30N2O. The van der Waals surface area contributed by atoms with Crippen LogP contribution in [-0.4, -0.2) is 4.57 Å². The van der Waals surface area contributed by atoms with Crippen LogP contribution in [0.15, 0.2) is 186 Å². The van der Waals surface area contributed by atoms with Crippen molar-refractivity contribution in [3.05, 3.63) is 182 Å². The summed E-state index contributed by atoms with van der Waals surface area (Å²) in [6.07, 6.45) is 0. The van der Waals surface area contributed by atoms with Gasteiger partial charge in [-0.25, -0.2) is 0 Å². The van der Waals surface area contributed by atoms with Gasteiger partial charge in [-0.05, 0) is 69.4 Å². The molecule has 0 aliphatic heterocycles. The average molecular weight is 651 g/mol. The number of rotatable bonds is 4. The minimum atomic E-state index is 0.862. The highest BCUT2D eigenvalue weighted by molar-refractivity contribution is 6.25. The molecule has 0 N–H and O–H groups in total. The Morgan fingerprint density at radius 1 is 0.392 bits per heavy atom. The molecule has 0 unspecified atom stereocenters. The predicted octanol–water partition coefficient (Wildman–Crippen LogP) is 13.6. The van der Waals surface area contributed by atoms with Gasteiger partial charge in [0.15, 0.2) is 5.58 Å². The number of hydrogen-bond acceptors (Lipinski definition) is 2. The van der Waals surface area contributed by atoms with E-state index < -0.39 is 0 Å². The Balaban J connectivity index is 1.34. The maximum atomic E-state index is 6.80. The summed E-state index contributed by atoms with van der Waals surface area (Å²) < 4.78 is 9.22. The SMILES string of the molecule is c1ccc(-n2c3ccccc3c3cccc(N(c4cc5ccc6ccccc6c5c5ccccc45)c4cccc5c4oc4ccccc45)c32)cc1. The minimum absolute atomic E-state index is 0.862. The zero-order valence-electron chi connectivity index (χ0n) is 27.6. The fourth-order valence-corrected chi connectivity index (χ4v) is 8.37. The van der Waals surface area contributed by atoms with Crippen molar-refractivity contribution in [2.24, 2.45) is 0 Å². The molecule has 2 aromatic heterocycles. The Bertz CT molecular complexity index is 3150. The van der Waals surface area contributed by atoms with E-state index in [1.807, 2.05) is 6.07 Å². The van der Waals surface area contributed by atoms with Gasteiger partial charge in [-0.15, -0.1) is 0 Å². The molecule has 0 aliphatic carbocycles. The lowest BCUT2D eigenvalue weighted by Crippen LogP contribution is -2.12. The molecular weight excluding hydrogens is 621 g/mol. The zero-order chi connectivity index (χ0) is 33.5. The van der Waals surface area contributed by atoms with E-state index in [9.17, 15) is 0 Å². The number of furan rings is 1. The molecule has 0 saturated carbocycles. The van der Waals surface area contributed by atoms with E-state index in [4.69, 9.17) is 4.42 Å². The molecule has 11 rings (SSSR count). The van der Waals surface area contributed by atoms with Crippen molar-refractivity contribution in [2.45, 2.75) is 0 Å². The third-order valence-electron chi connectivity index (χ3n) is 10.5. The molecule has 0 aliphatic rings. The van der Waals surface area contributed by atoms with E-state index in [0.717, 1.165) is 50.2 Å². The standard InChI is InChI=1S/C48H30N2O/c1-2-15-33(16-3-1)49-41-24-10-8-19-36(41)39-22-12-25-42(47(39)49)50(43-26-13-23-40-37-20-9-11-27-45(37)51-48(40)43)44-30-32-29-28-31-14-4-5-17-34(31)46(32)38-21-7-6-18-35(38)44/h1-30H. The monoisotopic (exact) mass is 650 g/mol. The van der Waals surface area contributed by atoms with E-state index in [0.29, 0.717) is 0 Å². The maximum Gasteiger partial charge on any atom is 0.159 e.